The average Bonchev–Trinajstić information content (AvgIpc) is 2.11. The van der Waals surface area contributed by atoms with Crippen LogP contribution < -0.4 is 0 Å². The highest BCUT2D eigenvalue weighted by atomic mass is 16.2. The standard InChI is InChI=1S/C12H17NO/c1-9-5-6-12(7-10(9)2)8-13(4)11(3)14/h5-7H,8H2,1-4H3. The third-order valence-electron chi connectivity index (χ3n) is 2.53. The molecule has 1 aromatic rings. The molecular formula is C12H17NO. The number of nitrogens with zero attached hydrogens (tertiary/aromatic N) is 1. The lowest BCUT2D eigenvalue weighted by molar-refractivity contribution is -0.128. The van der Waals surface area contributed by atoms with E-state index in [1.807, 2.05) is 7.05 Å². The molecule has 0 aliphatic heterocycles. The van der Waals surface area contributed by atoms with Gasteiger partial charge >= 0.3 is 0 Å². The Morgan fingerprint density at radius 3 is 2.43 bits per heavy atom. The van der Waals surface area contributed by atoms with Crippen LogP contribution >= 0.6 is 0 Å². The first-order chi connectivity index (χ1) is 6.50. The number of amides is 1. The van der Waals surface area contributed by atoms with E-state index >= 15 is 0 Å². The molecule has 0 fully saturated rings. The molecule has 0 aromatic heterocycles. The Labute approximate surface area is 85.5 Å². The lowest BCUT2D eigenvalue weighted by Crippen LogP contribution is -2.23. The van der Waals surface area contributed by atoms with Gasteiger partial charge in [-0.2, -0.15) is 0 Å². The van der Waals surface area contributed by atoms with Gasteiger partial charge in [-0.15, -0.1) is 0 Å². The number of hydrogen-bond donors (Lipinski definition) is 0. The van der Waals surface area contributed by atoms with Crippen molar-refractivity contribution in [3.05, 3.63) is 34.9 Å². The highest BCUT2D eigenvalue weighted by molar-refractivity contribution is 5.72. The van der Waals surface area contributed by atoms with Crippen LogP contribution in [0.5, 0.6) is 0 Å². The second-order valence-electron chi connectivity index (χ2n) is 3.79. The van der Waals surface area contributed by atoms with Gasteiger partial charge in [-0.3, -0.25) is 4.79 Å². The molecule has 76 valence electrons. The minimum absolute atomic E-state index is 0.100. The van der Waals surface area contributed by atoms with Crippen molar-refractivity contribution in [2.45, 2.75) is 27.3 Å². The van der Waals surface area contributed by atoms with E-state index < -0.39 is 0 Å². The monoisotopic (exact) mass is 191 g/mol. The first-order valence-corrected chi connectivity index (χ1v) is 4.78. The summed E-state index contributed by atoms with van der Waals surface area (Å²) >= 11 is 0. The van der Waals surface area contributed by atoms with Gasteiger partial charge < -0.3 is 4.90 Å². The zero-order chi connectivity index (χ0) is 10.7. The number of aryl methyl sites for hydroxylation is 2. The first kappa shape index (κ1) is 10.8. The number of benzene rings is 1. The molecule has 1 aromatic carbocycles. The van der Waals surface area contributed by atoms with Crippen molar-refractivity contribution in [2.24, 2.45) is 0 Å². The largest absolute Gasteiger partial charge is 0.342 e. The van der Waals surface area contributed by atoms with Crippen LogP contribution in [0.2, 0.25) is 0 Å². The van der Waals surface area contributed by atoms with Crippen LogP contribution in [0.1, 0.15) is 23.6 Å². The fraction of sp³-hybridized carbons (Fsp3) is 0.417. The molecule has 0 N–H and O–H groups in total. The molecule has 0 radical (unpaired) electrons. The molecule has 1 amide bonds. The molecule has 0 saturated carbocycles. The van der Waals surface area contributed by atoms with Crippen molar-refractivity contribution in [1.82, 2.24) is 4.90 Å². The molecule has 0 aliphatic carbocycles. The lowest BCUT2D eigenvalue weighted by Gasteiger charge is -2.15. The molecule has 0 spiro atoms. The van der Waals surface area contributed by atoms with Crippen LogP contribution in [0.3, 0.4) is 0 Å². The Kier molecular flexibility index (Phi) is 3.28. The summed E-state index contributed by atoms with van der Waals surface area (Å²) in [5.41, 5.74) is 3.75. The Morgan fingerprint density at radius 2 is 1.93 bits per heavy atom. The van der Waals surface area contributed by atoms with Crippen LogP contribution in [0.4, 0.5) is 0 Å². The third-order valence-corrected chi connectivity index (χ3v) is 2.53. The van der Waals surface area contributed by atoms with Gasteiger partial charge in [0.15, 0.2) is 0 Å². The maximum Gasteiger partial charge on any atom is 0.219 e. The highest BCUT2D eigenvalue weighted by Gasteiger charge is 2.03. The third kappa shape index (κ3) is 2.59. The van der Waals surface area contributed by atoms with Crippen molar-refractivity contribution >= 4 is 5.91 Å². The summed E-state index contributed by atoms with van der Waals surface area (Å²) in [4.78, 5) is 12.7. The van der Waals surface area contributed by atoms with Crippen molar-refractivity contribution in [2.75, 3.05) is 7.05 Å². The predicted octanol–water partition coefficient (Wildman–Crippen LogP) is 2.28. The van der Waals surface area contributed by atoms with Crippen molar-refractivity contribution in [3.63, 3.8) is 0 Å². The summed E-state index contributed by atoms with van der Waals surface area (Å²) in [5, 5.41) is 0. The Hall–Kier alpha value is -1.31. The molecule has 0 bridgehead atoms. The van der Waals surface area contributed by atoms with E-state index in [4.69, 9.17) is 0 Å². The zero-order valence-electron chi connectivity index (χ0n) is 9.29. The number of rotatable bonds is 2. The minimum Gasteiger partial charge on any atom is -0.342 e. The summed E-state index contributed by atoms with van der Waals surface area (Å²) in [5.74, 6) is 0.100. The molecule has 0 atom stereocenters. The van der Waals surface area contributed by atoms with Gasteiger partial charge in [-0.1, -0.05) is 18.2 Å². The topological polar surface area (TPSA) is 20.3 Å². The maximum absolute atomic E-state index is 11.0. The van der Waals surface area contributed by atoms with E-state index in [9.17, 15) is 4.79 Å². The summed E-state index contributed by atoms with van der Waals surface area (Å²) in [6, 6.07) is 6.30. The highest BCUT2D eigenvalue weighted by Crippen LogP contribution is 2.11. The molecule has 2 nitrogen and oxygen atoms in total. The lowest BCUT2D eigenvalue weighted by atomic mass is 10.1. The Morgan fingerprint density at radius 1 is 1.29 bits per heavy atom. The average molecular weight is 191 g/mol. The van der Waals surface area contributed by atoms with E-state index in [2.05, 4.69) is 32.0 Å². The van der Waals surface area contributed by atoms with Gasteiger partial charge in [0.05, 0.1) is 0 Å². The van der Waals surface area contributed by atoms with Gasteiger partial charge in [0, 0.05) is 20.5 Å². The molecule has 2 heteroatoms. The van der Waals surface area contributed by atoms with E-state index in [-0.39, 0.29) is 5.91 Å². The Balaban J connectivity index is 2.78. The van der Waals surface area contributed by atoms with Crippen LogP contribution in [0.25, 0.3) is 0 Å². The van der Waals surface area contributed by atoms with Gasteiger partial charge in [-0.25, -0.2) is 0 Å². The smallest absolute Gasteiger partial charge is 0.219 e. The molecule has 1 rings (SSSR count). The summed E-state index contributed by atoms with van der Waals surface area (Å²) in [7, 11) is 1.82. The van der Waals surface area contributed by atoms with Gasteiger partial charge in [-0.05, 0) is 30.5 Å². The maximum atomic E-state index is 11.0. The fourth-order valence-corrected chi connectivity index (χ4v) is 1.29. The first-order valence-electron chi connectivity index (χ1n) is 4.78. The molecule has 0 saturated heterocycles. The number of hydrogen-bond acceptors (Lipinski definition) is 1. The second kappa shape index (κ2) is 4.27. The number of carbonyl (C=O) groups excluding carboxylic acids is 1. The van der Waals surface area contributed by atoms with Crippen molar-refractivity contribution in [1.29, 1.82) is 0 Å². The van der Waals surface area contributed by atoms with Gasteiger partial charge in [0.2, 0.25) is 5.91 Å². The fourth-order valence-electron chi connectivity index (χ4n) is 1.29. The quantitative estimate of drug-likeness (QED) is 0.702. The van der Waals surface area contributed by atoms with E-state index in [0.717, 1.165) is 0 Å². The van der Waals surface area contributed by atoms with Gasteiger partial charge in [0.1, 0.15) is 0 Å². The van der Waals surface area contributed by atoms with Crippen LogP contribution in [-0.2, 0) is 11.3 Å². The van der Waals surface area contributed by atoms with Crippen LogP contribution in [0, 0.1) is 13.8 Å². The summed E-state index contributed by atoms with van der Waals surface area (Å²) in [6.07, 6.45) is 0. The summed E-state index contributed by atoms with van der Waals surface area (Å²) < 4.78 is 0. The van der Waals surface area contributed by atoms with E-state index in [1.165, 1.54) is 16.7 Å². The molecule has 14 heavy (non-hydrogen) atoms. The molecular weight excluding hydrogens is 174 g/mol. The normalized spacial score (nSPS) is 10.0. The minimum atomic E-state index is 0.100. The SMILES string of the molecule is CC(=O)N(C)Cc1ccc(C)c(C)c1. The van der Waals surface area contributed by atoms with E-state index in [0.29, 0.717) is 6.54 Å². The molecule has 0 unspecified atom stereocenters. The van der Waals surface area contributed by atoms with E-state index in [1.54, 1.807) is 11.8 Å². The van der Waals surface area contributed by atoms with Crippen LogP contribution in [-0.4, -0.2) is 17.9 Å². The number of carbonyl (C=O) groups is 1. The van der Waals surface area contributed by atoms with Crippen molar-refractivity contribution in [3.8, 4) is 0 Å². The Bertz CT molecular complexity index is 344. The van der Waals surface area contributed by atoms with Crippen molar-refractivity contribution < 1.29 is 4.79 Å². The van der Waals surface area contributed by atoms with Gasteiger partial charge in [0.25, 0.3) is 0 Å². The van der Waals surface area contributed by atoms with Crippen LogP contribution in [0.15, 0.2) is 18.2 Å². The molecule has 0 heterocycles. The molecule has 0 aliphatic rings. The zero-order valence-corrected chi connectivity index (χ0v) is 9.29. The second-order valence-corrected chi connectivity index (χ2v) is 3.79. The predicted molar refractivity (Wildman–Crippen MR) is 58.1 cm³/mol. The summed E-state index contributed by atoms with van der Waals surface area (Å²) in [6.45, 7) is 6.46.